The molecule has 2 aromatic rings. The molecular formula is C14H15N5O. The fraction of sp³-hybridized carbons (Fsp3) is 0.214. The van der Waals surface area contributed by atoms with Gasteiger partial charge in [0.25, 0.3) is 5.91 Å². The van der Waals surface area contributed by atoms with Gasteiger partial charge >= 0.3 is 0 Å². The molecule has 0 fully saturated rings. The van der Waals surface area contributed by atoms with E-state index in [1.807, 2.05) is 18.2 Å². The third kappa shape index (κ3) is 2.40. The molecule has 1 aliphatic rings. The van der Waals surface area contributed by atoms with E-state index in [1.54, 1.807) is 4.90 Å². The number of hydrogen-bond acceptors (Lipinski definition) is 4. The van der Waals surface area contributed by atoms with E-state index in [0.717, 1.165) is 6.42 Å². The Morgan fingerprint density at radius 1 is 1.30 bits per heavy atom. The average Bonchev–Trinajstić information content (AvgIpc) is 2.94. The molecule has 3 N–H and O–H groups in total. The molecule has 0 spiro atoms. The second kappa shape index (κ2) is 5.16. The van der Waals surface area contributed by atoms with Crippen LogP contribution in [-0.2, 0) is 0 Å². The van der Waals surface area contributed by atoms with Crippen LogP contribution >= 0.6 is 0 Å². The standard InChI is InChI=1S/C14H15N5O/c15-14-16-12(17-18-14)13(20)19-8-6-11(7-9-19)10-4-2-1-3-5-10/h1-6H,7-9H2,(H3,15,16,17,18). The topological polar surface area (TPSA) is 87.9 Å². The monoisotopic (exact) mass is 269 g/mol. The molecule has 1 aromatic heterocycles. The quantitative estimate of drug-likeness (QED) is 0.860. The maximum absolute atomic E-state index is 12.2. The van der Waals surface area contributed by atoms with Crippen LogP contribution < -0.4 is 5.73 Å². The van der Waals surface area contributed by atoms with Crippen LogP contribution in [0.5, 0.6) is 0 Å². The highest BCUT2D eigenvalue weighted by molar-refractivity contribution is 5.91. The minimum absolute atomic E-state index is 0.0888. The molecular weight excluding hydrogens is 254 g/mol. The van der Waals surface area contributed by atoms with Crippen LogP contribution in [0.4, 0.5) is 5.95 Å². The second-order valence-corrected chi connectivity index (χ2v) is 4.64. The second-order valence-electron chi connectivity index (χ2n) is 4.64. The van der Waals surface area contributed by atoms with Gasteiger partial charge in [0.1, 0.15) is 0 Å². The summed E-state index contributed by atoms with van der Waals surface area (Å²) in [4.78, 5) is 17.8. The molecule has 102 valence electrons. The van der Waals surface area contributed by atoms with Crippen LogP contribution in [0.1, 0.15) is 22.6 Å². The summed E-state index contributed by atoms with van der Waals surface area (Å²) in [6, 6.07) is 10.2. The van der Waals surface area contributed by atoms with Gasteiger partial charge in [-0.2, -0.15) is 4.98 Å². The number of carbonyl (C=O) groups is 1. The molecule has 20 heavy (non-hydrogen) atoms. The number of carbonyl (C=O) groups excluding carboxylic acids is 1. The number of hydrogen-bond donors (Lipinski definition) is 2. The zero-order chi connectivity index (χ0) is 13.9. The Hall–Kier alpha value is -2.63. The highest BCUT2D eigenvalue weighted by Gasteiger charge is 2.21. The molecule has 0 bridgehead atoms. The minimum atomic E-state index is -0.169. The van der Waals surface area contributed by atoms with Crippen molar-refractivity contribution in [3.8, 4) is 0 Å². The predicted molar refractivity (Wildman–Crippen MR) is 75.7 cm³/mol. The zero-order valence-corrected chi connectivity index (χ0v) is 10.9. The molecule has 0 atom stereocenters. The molecule has 1 amide bonds. The number of anilines is 1. The van der Waals surface area contributed by atoms with Crippen molar-refractivity contribution >= 4 is 17.4 Å². The van der Waals surface area contributed by atoms with Crippen LogP contribution in [0.15, 0.2) is 36.4 Å². The molecule has 0 saturated heterocycles. The fourth-order valence-corrected chi connectivity index (χ4v) is 2.29. The highest BCUT2D eigenvalue weighted by Crippen LogP contribution is 2.22. The molecule has 2 heterocycles. The number of aromatic nitrogens is 3. The van der Waals surface area contributed by atoms with E-state index in [2.05, 4.69) is 33.4 Å². The van der Waals surface area contributed by atoms with Crippen LogP contribution in [0.25, 0.3) is 5.57 Å². The summed E-state index contributed by atoms with van der Waals surface area (Å²) < 4.78 is 0. The van der Waals surface area contributed by atoms with Crippen molar-refractivity contribution in [2.75, 3.05) is 18.8 Å². The first-order valence-electron chi connectivity index (χ1n) is 6.45. The number of rotatable bonds is 2. The maximum atomic E-state index is 12.2. The summed E-state index contributed by atoms with van der Waals surface area (Å²) in [6.45, 7) is 1.24. The third-order valence-electron chi connectivity index (χ3n) is 3.35. The van der Waals surface area contributed by atoms with E-state index >= 15 is 0 Å². The van der Waals surface area contributed by atoms with Gasteiger partial charge in [-0.1, -0.05) is 36.4 Å². The molecule has 0 saturated carbocycles. The molecule has 0 radical (unpaired) electrons. The van der Waals surface area contributed by atoms with E-state index in [-0.39, 0.29) is 17.7 Å². The van der Waals surface area contributed by atoms with Crippen molar-refractivity contribution in [3.63, 3.8) is 0 Å². The number of nitrogens with two attached hydrogens (primary N) is 1. The number of nitrogens with one attached hydrogen (secondary N) is 1. The van der Waals surface area contributed by atoms with E-state index in [9.17, 15) is 4.79 Å². The Balaban J connectivity index is 1.72. The van der Waals surface area contributed by atoms with E-state index in [1.165, 1.54) is 11.1 Å². The first-order chi connectivity index (χ1) is 9.74. The van der Waals surface area contributed by atoms with Crippen molar-refractivity contribution in [2.45, 2.75) is 6.42 Å². The van der Waals surface area contributed by atoms with Gasteiger partial charge in [-0.15, -0.1) is 5.10 Å². The van der Waals surface area contributed by atoms with Crippen molar-refractivity contribution in [3.05, 3.63) is 47.8 Å². The summed E-state index contributed by atoms with van der Waals surface area (Å²) in [7, 11) is 0. The lowest BCUT2D eigenvalue weighted by Gasteiger charge is -2.25. The lowest BCUT2D eigenvalue weighted by atomic mass is 9.99. The van der Waals surface area contributed by atoms with Gasteiger partial charge in [-0.05, 0) is 17.6 Å². The van der Waals surface area contributed by atoms with Crippen molar-refractivity contribution in [1.29, 1.82) is 0 Å². The molecule has 1 aromatic carbocycles. The number of nitrogens with zero attached hydrogens (tertiary/aromatic N) is 3. The molecule has 0 aliphatic carbocycles. The number of H-pyrrole nitrogens is 1. The Kier molecular flexibility index (Phi) is 3.20. The minimum Gasteiger partial charge on any atom is -0.366 e. The van der Waals surface area contributed by atoms with E-state index in [4.69, 9.17) is 5.73 Å². The molecule has 3 rings (SSSR count). The lowest BCUT2D eigenvalue weighted by molar-refractivity contribution is 0.0761. The van der Waals surface area contributed by atoms with E-state index < -0.39 is 0 Å². The molecule has 0 unspecified atom stereocenters. The van der Waals surface area contributed by atoms with Gasteiger partial charge in [0.2, 0.25) is 11.8 Å². The normalized spacial score (nSPS) is 15.0. The number of amides is 1. The molecule has 6 nitrogen and oxygen atoms in total. The molecule has 1 aliphatic heterocycles. The Morgan fingerprint density at radius 2 is 2.10 bits per heavy atom. The van der Waals surface area contributed by atoms with E-state index in [0.29, 0.717) is 13.1 Å². The first-order valence-corrected chi connectivity index (χ1v) is 6.45. The van der Waals surface area contributed by atoms with Crippen molar-refractivity contribution < 1.29 is 4.79 Å². The maximum Gasteiger partial charge on any atom is 0.291 e. The Labute approximate surface area is 116 Å². The van der Waals surface area contributed by atoms with Gasteiger partial charge in [0.15, 0.2) is 0 Å². The largest absolute Gasteiger partial charge is 0.366 e. The smallest absolute Gasteiger partial charge is 0.291 e. The summed E-state index contributed by atoms with van der Waals surface area (Å²) in [5.41, 5.74) is 7.89. The highest BCUT2D eigenvalue weighted by atomic mass is 16.2. The summed E-state index contributed by atoms with van der Waals surface area (Å²) in [6.07, 6.45) is 2.91. The van der Waals surface area contributed by atoms with Crippen LogP contribution in [-0.4, -0.2) is 39.1 Å². The van der Waals surface area contributed by atoms with Crippen LogP contribution in [0.2, 0.25) is 0 Å². The number of nitrogen functional groups attached to an aromatic ring is 1. The summed E-state index contributed by atoms with van der Waals surface area (Å²) in [5, 5.41) is 6.22. The van der Waals surface area contributed by atoms with Gasteiger partial charge in [-0.3, -0.25) is 9.89 Å². The fourth-order valence-electron chi connectivity index (χ4n) is 2.29. The van der Waals surface area contributed by atoms with Crippen LogP contribution in [0.3, 0.4) is 0 Å². The van der Waals surface area contributed by atoms with Crippen LogP contribution in [0, 0.1) is 0 Å². The Morgan fingerprint density at radius 3 is 2.70 bits per heavy atom. The third-order valence-corrected chi connectivity index (χ3v) is 3.35. The van der Waals surface area contributed by atoms with Gasteiger partial charge in [0.05, 0.1) is 0 Å². The summed E-state index contributed by atoms with van der Waals surface area (Å²) in [5.74, 6) is 0.113. The predicted octanol–water partition coefficient (Wildman–Crippen LogP) is 1.32. The molecule has 6 heteroatoms. The number of benzene rings is 1. The van der Waals surface area contributed by atoms with Gasteiger partial charge in [0, 0.05) is 13.1 Å². The lowest BCUT2D eigenvalue weighted by Crippen LogP contribution is -2.35. The van der Waals surface area contributed by atoms with Gasteiger partial charge in [-0.25, -0.2) is 0 Å². The summed E-state index contributed by atoms with van der Waals surface area (Å²) >= 11 is 0. The Bertz CT molecular complexity index is 647. The number of aromatic amines is 1. The van der Waals surface area contributed by atoms with Gasteiger partial charge < -0.3 is 10.6 Å². The zero-order valence-electron chi connectivity index (χ0n) is 10.9. The SMILES string of the molecule is Nc1n[nH]c(C(=O)N2CC=C(c3ccccc3)CC2)n1. The first kappa shape index (κ1) is 12.4. The van der Waals surface area contributed by atoms with Crippen molar-refractivity contribution in [2.24, 2.45) is 0 Å². The van der Waals surface area contributed by atoms with Crippen molar-refractivity contribution in [1.82, 2.24) is 20.1 Å². The average molecular weight is 269 g/mol.